The molecule has 19 heavy (non-hydrogen) atoms. The van der Waals surface area contributed by atoms with Crippen molar-refractivity contribution in [1.82, 2.24) is 0 Å². The molecular formula is C15H19NO2S. The van der Waals surface area contributed by atoms with Crippen LogP contribution in [0.4, 0.5) is 0 Å². The molecule has 0 bridgehead atoms. The molecule has 1 aliphatic heterocycles. The predicted molar refractivity (Wildman–Crippen MR) is 77.7 cm³/mol. The van der Waals surface area contributed by atoms with Gasteiger partial charge in [0.1, 0.15) is 5.75 Å². The Morgan fingerprint density at radius 2 is 2.16 bits per heavy atom. The molecule has 0 saturated carbocycles. The Kier molecular flexibility index (Phi) is 4.73. The molecule has 2 rings (SSSR count). The van der Waals surface area contributed by atoms with Crippen LogP contribution < -0.4 is 4.74 Å². The Morgan fingerprint density at radius 3 is 2.79 bits per heavy atom. The van der Waals surface area contributed by atoms with E-state index < -0.39 is 0 Å². The van der Waals surface area contributed by atoms with Gasteiger partial charge in [-0.05, 0) is 43.2 Å². The Hall–Kier alpha value is -1.18. The van der Waals surface area contributed by atoms with Crippen molar-refractivity contribution in [2.24, 2.45) is 5.41 Å². The van der Waals surface area contributed by atoms with E-state index in [1.165, 1.54) is 0 Å². The quantitative estimate of drug-likeness (QED) is 0.860. The van der Waals surface area contributed by atoms with Gasteiger partial charge in [0.05, 0.1) is 18.2 Å². The molecule has 0 N–H and O–H groups in total. The minimum Gasteiger partial charge on any atom is -0.493 e. The molecule has 1 aromatic carbocycles. The number of hydrogen-bond donors (Lipinski definition) is 1. The van der Waals surface area contributed by atoms with Crippen LogP contribution in [0.25, 0.3) is 0 Å². The Bertz CT molecular complexity index is 476. The van der Waals surface area contributed by atoms with Gasteiger partial charge in [0, 0.05) is 18.6 Å². The van der Waals surface area contributed by atoms with Crippen molar-refractivity contribution >= 4 is 12.6 Å². The highest BCUT2D eigenvalue weighted by Crippen LogP contribution is 2.33. The van der Waals surface area contributed by atoms with Crippen LogP contribution in [0.3, 0.4) is 0 Å². The third-order valence-corrected chi connectivity index (χ3v) is 4.41. The first-order valence-corrected chi connectivity index (χ1v) is 7.14. The van der Waals surface area contributed by atoms with Crippen LogP contribution in [-0.2, 0) is 4.74 Å². The molecule has 102 valence electrons. The molecule has 0 spiro atoms. The van der Waals surface area contributed by atoms with Gasteiger partial charge < -0.3 is 9.47 Å². The number of nitriles is 1. The van der Waals surface area contributed by atoms with Crippen molar-refractivity contribution in [2.75, 3.05) is 25.6 Å². The summed E-state index contributed by atoms with van der Waals surface area (Å²) in [7, 11) is 0. The average Bonchev–Trinajstić information content (AvgIpc) is 2.47. The number of thiol groups is 1. The molecule has 1 aliphatic rings. The van der Waals surface area contributed by atoms with Crippen molar-refractivity contribution in [3.63, 3.8) is 0 Å². The first-order valence-electron chi connectivity index (χ1n) is 6.51. The summed E-state index contributed by atoms with van der Waals surface area (Å²) in [5, 5.41) is 8.93. The van der Waals surface area contributed by atoms with Gasteiger partial charge in [0.25, 0.3) is 0 Å². The number of rotatable bonds is 4. The number of aryl methyl sites for hydroxylation is 1. The van der Waals surface area contributed by atoms with Gasteiger partial charge in [-0.3, -0.25) is 0 Å². The van der Waals surface area contributed by atoms with Gasteiger partial charge in [-0.15, -0.1) is 0 Å². The van der Waals surface area contributed by atoms with Crippen molar-refractivity contribution < 1.29 is 9.47 Å². The van der Waals surface area contributed by atoms with Crippen LogP contribution in [-0.4, -0.2) is 25.6 Å². The number of hydrogen-bond acceptors (Lipinski definition) is 4. The van der Waals surface area contributed by atoms with Crippen LogP contribution in [0.5, 0.6) is 5.75 Å². The zero-order valence-electron chi connectivity index (χ0n) is 11.2. The molecule has 1 aromatic rings. The molecule has 1 heterocycles. The lowest BCUT2D eigenvalue weighted by atomic mass is 9.83. The normalized spacial score (nSPS) is 17.7. The Labute approximate surface area is 119 Å². The second-order valence-electron chi connectivity index (χ2n) is 5.15. The highest BCUT2D eigenvalue weighted by Gasteiger charge is 2.32. The van der Waals surface area contributed by atoms with Crippen molar-refractivity contribution in [3.8, 4) is 11.8 Å². The van der Waals surface area contributed by atoms with Gasteiger partial charge >= 0.3 is 0 Å². The Balaban J connectivity index is 2.07. The van der Waals surface area contributed by atoms with E-state index in [2.05, 4.69) is 18.7 Å². The molecule has 4 heteroatoms. The number of benzene rings is 1. The summed E-state index contributed by atoms with van der Waals surface area (Å²) >= 11 is 4.47. The summed E-state index contributed by atoms with van der Waals surface area (Å²) in [6.07, 6.45) is 1.96. The summed E-state index contributed by atoms with van der Waals surface area (Å²) in [5.41, 5.74) is 1.78. The fourth-order valence-electron chi connectivity index (χ4n) is 2.21. The molecule has 0 aliphatic carbocycles. The zero-order valence-corrected chi connectivity index (χ0v) is 12.1. The zero-order chi connectivity index (χ0) is 13.7. The molecule has 0 amide bonds. The van der Waals surface area contributed by atoms with E-state index in [0.29, 0.717) is 12.2 Å². The fraction of sp³-hybridized carbons (Fsp3) is 0.533. The highest BCUT2D eigenvalue weighted by atomic mass is 32.1. The predicted octanol–water partition coefficient (Wildman–Crippen LogP) is 2.97. The second-order valence-corrected chi connectivity index (χ2v) is 5.47. The molecule has 0 aromatic heterocycles. The minimum atomic E-state index is 0.0937. The largest absolute Gasteiger partial charge is 0.493 e. The molecule has 1 saturated heterocycles. The van der Waals surface area contributed by atoms with E-state index in [1.54, 1.807) is 6.07 Å². The van der Waals surface area contributed by atoms with Gasteiger partial charge in [0.15, 0.2) is 0 Å². The van der Waals surface area contributed by atoms with E-state index in [1.807, 2.05) is 19.1 Å². The molecular weight excluding hydrogens is 258 g/mol. The van der Waals surface area contributed by atoms with Gasteiger partial charge in [-0.2, -0.15) is 17.9 Å². The minimum absolute atomic E-state index is 0.0937. The van der Waals surface area contributed by atoms with Crippen LogP contribution in [0.1, 0.15) is 24.0 Å². The van der Waals surface area contributed by atoms with Gasteiger partial charge in [0.2, 0.25) is 0 Å². The van der Waals surface area contributed by atoms with Crippen LogP contribution in [0.2, 0.25) is 0 Å². The molecule has 0 radical (unpaired) electrons. The highest BCUT2D eigenvalue weighted by molar-refractivity contribution is 7.80. The summed E-state index contributed by atoms with van der Waals surface area (Å²) in [5.74, 6) is 1.60. The lowest BCUT2D eigenvalue weighted by Crippen LogP contribution is -2.37. The van der Waals surface area contributed by atoms with Crippen molar-refractivity contribution in [3.05, 3.63) is 29.3 Å². The maximum absolute atomic E-state index is 8.93. The number of ether oxygens (including phenoxy) is 2. The summed E-state index contributed by atoms with van der Waals surface area (Å²) in [6, 6.07) is 7.68. The van der Waals surface area contributed by atoms with Crippen molar-refractivity contribution in [2.45, 2.75) is 19.8 Å². The van der Waals surface area contributed by atoms with Crippen molar-refractivity contribution in [1.29, 1.82) is 5.26 Å². The van der Waals surface area contributed by atoms with E-state index in [0.717, 1.165) is 43.1 Å². The van der Waals surface area contributed by atoms with Crippen LogP contribution in [0, 0.1) is 23.7 Å². The summed E-state index contributed by atoms with van der Waals surface area (Å²) < 4.78 is 11.4. The first-order chi connectivity index (χ1) is 9.19. The van der Waals surface area contributed by atoms with Gasteiger partial charge in [-0.1, -0.05) is 6.07 Å². The molecule has 0 atom stereocenters. The lowest BCUT2D eigenvalue weighted by molar-refractivity contribution is 0.00299. The Morgan fingerprint density at radius 1 is 1.42 bits per heavy atom. The average molecular weight is 277 g/mol. The molecule has 1 fully saturated rings. The SMILES string of the molecule is Cc1ccc(C#N)cc1OCC1(CS)CCOCC1. The van der Waals surface area contributed by atoms with E-state index in [-0.39, 0.29) is 5.41 Å². The first kappa shape index (κ1) is 14.2. The van der Waals surface area contributed by atoms with Crippen LogP contribution in [0.15, 0.2) is 18.2 Å². The smallest absolute Gasteiger partial charge is 0.123 e. The number of nitrogens with zero attached hydrogens (tertiary/aromatic N) is 1. The lowest BCUT2D eigenvalue weighted by Gasteiger charge is -2.35. The van der Waals surface area contributed by atoms with E-state index in [4.69, 9.17) is 14.7 Å². The second kappa shape index (κ2) is 6.31. The third-order valence-electron chi connectivity index (χ3n) is 3.74. The fourth-order valence-corrected chi connectivity index (χ4v) is 2.62. The van der Waals surface area contributed by atoms with E-state index >= 15 is 0 Å². The van der Waals surface area contributed by atoms with E-state index in [9.17, 15) is 0 Å². The molecule has 0 unspecified atom stereocenters. The molecule has 3 nitrogen and oxygen atoms in total. The third kappa shape index (κ3) is 3.43. The maximum atomic E-state index is 8.93. The van der Waals surface area contributed by atoms with Gasteiger partial charge in [-0.25, -0.2) is 0 Å². The topological polar surface area (TPSA) is 42.2 Å². The summed E-state index contributed by atoms with van der Waals surface area (Å²) in [6.45, 7) is 4.19. The monoisotopic (exact) mass is 277 g/mol. The maximum Gasteiger partial charge on any atom is 0.123 e. The van der Waals surface area contributed by atoms with Crippen LogP contribution >= 0.6 is 12.6 Å². The summed E-state index contributed by atoms with van der Waals surface area (Å²) in [4.78, 5) is 0. The standard InChI is InChI=1S/C15H19NO2S/c1-12-2-3-13(9-16)8-14(12)18-10-15(11-19)4-6-17-7-5-15/h2-3,8,19H,4-7,10-11H2,1H3.